The van der Waals surface area contributed by atoms with Crippen molar-refractivity contribution in [2.24, 2.45) is 11.3 Å². The molecule has 0 saturated carbocycles. The van der Waals surface area contributed by atoms with E-state index in [1.54, 1.807) is 17.0 Å². The van der Waals surface area contributed by atoms with Crippen molar-refractivity contribution in [3.63, 3.8) is 0 Å². The number of carbonyl (C=O) groups is 3. The van der Waals surface area contributed by atoms with Crippen molar-refractivity contribution < 1.29 is 28.6 Å². The van der Waals surface area contributed by atoms with Crippen LogP contribution in [-0.2, 0) is 14.3 Å². The molecule has 0 spiro atoms. The average Bonchev–Trinajstić information content (AvgIpc) is 3.21. The molecular weight excluding hydrogens is 417 g/mol. The number of hydrogen-bond acceptors (Lipinski definition) is 4. The summed E-state index contributed by atoms with van der Waals surface area (Å²) in [6.07, 6.45) is 0.133. The first kappa shape index (κ1) is 22.5. The molecular formula is C23H30FN3O5. The van der Waals surface area contributed by atoms with Gasteiger partial charge in [0.2, 0.25) is 11.8 Å². The molecule has 9 heteroatoms. The first-order valence-electron chi connectivity index (χ1n) is 11.1. The highest BCUT2D eigenvalue weighted by molar-refractivity contribution is 5.84. The first-order chi connectivity index (χ1) is 15.2. The largest absolute Gasteiger partial charge is 0.465 e. The Morgan fingerprint density at radius 3 is 2.25 bits per heavy atom. The van der Waals surface area contributed by atoms with E-state index in [0.717, 1.165) is 5.56 Å². The van der Waals surface area contributed by atoms with Crippen molar-refractivity contribution in [1.82, 2.24) is 14.7 Å². The molecule has 0 unspecified atom stereocenters. The predicted molar refractivity (Wildman–Crippen MR) is 114 cm³/mol. The van der Waals surface area contributed by atoms with Gasteiger partial charge in [-0.1, -0.05) is 12.1 Å². The number of nitrogens with zero attached hydrogens (tertiary/aromatic N) is 3. The van der Waals surface area contributed by atoms with Crippen LogP contribution in [0.1, 0.15) is 31.2 Å². The molecule has 3 amide bonds. The van der Waals surface area contributed by atoms with Crippen LogP contribution < -0.4 is 0 Å². The van der Waals surface area contributed by atoms with Gasteiger partial charge in [-0.3, -0.25) is 9.59 Å². The zero-order valence-electron chi connectivity index (χ0n) is 18.5. The summed E-state index contributed by atoms with van der Waals surface area (Å²) in [5.74, 6) is -0.668. The van der Waals surface area contributed by atoms with Gasteiger partial charge in [-0.25, -0.2) is 9.18 Å². The SMILES string of the molecule is CN(C(=O)O)[C@@H]1CN(C(=O)C2CCN(C(=O)C3(C)COC3)CC2)C[C@H]1c1ccc(F)cc1. The summed E-state index contributed by atoms with van der Waals surface area (Å²) in [6.45, 7) is 4.58. The normalized spacial score (nSPS) is 25.3. The van der Waals surface area contributed by atoms with E-state index < -0.39 is 17.6 Å². The molecule has 3 aliphatic rings. The fraction of sp³-hybridized carbons (Fsp3) is 0.609. The van der Waals surface area contributed by atoms with Crippen molar-refractivity contribution in [2.45, 2.75) is 31.7 Å². The number of hydrogen-bond donors (Lipinski definition) is 1. The standard InChI is InChI=1S/C23H30FN3O5/c1-23(13-32-14-23)21(29)26-9-7-16(8-10-26)20(28)27-11-18(15-3-5-17(24)6-4-15)19(12-27)25(2)22(30)31/h3-6,16,18-19H,7-14H2,1-2H3,(H,30,31)/t18-,19+/m0/s1. The van der Waals surface area contributed by atoms with E-state index in [9.17, 15) is 23.9 Å². The maximum atomic E-state index is 13.4. The number of amides is 3. The number of likely N-dealkylation sites (tertiary alicyclic amines) is 2. The summed E-state index contributed by atoms with van der Waals surface area (Å²) >= 11 is 0. The quantitative estimate of drug-likeness (QED) is 0.763. The van der Waals surface area contributed by atoms with Crippen molar-refractivity contribution in [3.8, 4) is 0 Å². The highest BCUT2D eigenvalue weighted by Crippen LogP contribution is 2.34. The zero-order valence-corrected chi connectivity index (χ0v) is 18.5. The van der Waals surface area contributed by atoms with Crippen LogP contribution in [0.2, 0.25) is 0 Å². The average molecular weight is 448 g/mol. The predicted octanol–water partition coefficient (Wildman–Crippen LogP) is 2.00. The highest BCUT2D eigenvalue weighted by Gasteiger charge is 2.46. The van der Waals surface area contributed by atoms with Gasteiger partial charge in [-0.05, 0) is 37.5 Å². The maximum Gasteiger partial charge on any atom is 0.407 e. The second kappa shape index (κ2) is 8.69. The van der Waals surface area contributed by atoms with Gasteiger partial charge in [0.1, 0.15) is 5.82 Å². The smallest absolute Gasteiger partial charge is 0.407 e. The molecule has 1 N–H and O–H groups in total. The van der Waals surface area contributed by atoms with Gasteiger partial charge in [0.25, 0.3) is 0 Å². The molecule has 2 atom stereocenters. The molecule has 0 bridgehead atoms. The van der Waals surface area contributed by atoms with Crippen LogP contribution >= 0.6 is 0 Å². The van der Waals surface area contributed by atoms with E-state index in [2.05, 4.69) is 0 Å². The molecule has 3 saturated heterocycles. The van der Waals surface area contributed by atoms with E-state index in [4.69, 9.17) is 4.74 Å². The van der Waals surface area contributed by atoms with Crippen molar-refractivity contribution in [2.75, 3.05) is 46.4 Å². The Hall–Kier alpha value is -2.68. The summed E-state index contributed by atoms with van der Waals surface area (Å²) in [5.41, 5.74) is 0.374. The second-order valence-electron chi connectivity index (χ2n) is 9.48. The van der Waals surface area contributed by atoms with E-state index in [1.165, 1.54) is 24.1 Å². The lowest BCUT2D eigenvalue weighted by molar-refractivity contribution is -0.170. The van der Waals surface area contributed by atoms with Gasteiger partial charge in [0, 0.05) is 45.1 Å². The van der Waals surface area contributed by atoms with E-state index in [0.29, 0.717) is 52.2 Å². The lowest BCUT2D eigenvalue weighted by Gasteiger charge is -2.42. The molecule has 3 aliphatic heterocycles. The van der Waals surface area contributed by atoms with Crippen LogP contribution in [0.25, 0.3) is 0 Å². The first-order valence-corrected chi connectivity index (χ1v) is 11.1. The van der Waals surface area contributed by atoms with Gasteiger partial charge in [-0.15, -0.1) is 0 Å². The fourth-order valence-electron chi connectivity index (χ4n) is 5.04. The van der Waals surface area contributed by atoms with Crippen molar-refractivity contribution in [3.05, 3.63) is 35.6 Å². The van der Waals surface area contributed by atoms with Gasteiger partial charge in [-0.2, -0.15) is 0 Å². The molecule has 3 heterocycles. The van der Waals surface area contributed by atoms with Crippen LogP contribution in [0.15, 0.2) is 24.3 Å². The minimum Gasteiger partial charge on any atom is -0.465 e. The van der Waals surface area contributed by atoms with Gasteiger partial charge >= 0.3 is 6.09 Å². The number of piperidine rings is 1. The number of benzene rings is 1. The lowest BCUT2D eigenvalue weighted by Crippen LogP contribution is -2.55. The number of carbonyl (C=O) groups excluding carboxylic acids is 2. The molecule has 174 valence electrons. The number of ether oxygens (including phenoxy) is 1. The molecule has 1 aromatic rings. The third kappa shape index (κ3) is 4.18. The summed E-state index contributed by atoms with van der Waals surface area (Å²) in [5, 5.41) is 9.51. The Morgan fingerprint density at radius 1 is 1.09 bits per heavy atom. The Morgan fingerprint density at radius 2 is 1.72 bits per heavy atom. The summed E-state index contributed by atoms with van der Waals surface area (Å²) in [7, 11) is 1.51. The Labute approximate surface area is 186 Å². The molecule has 8 nitrogen and oxygen atoms in total. The summed E-state index contributed by atoms with van der Waals surface area (Å²) in [6, 6.07) is 5.63. The lowest BCUT2D eigenvalue weighted by atomic mass is 9.85. The topological polar surface area (TPSA) is 90.4 Å². The maximum absolute atomic E-state index is 13.4. The van der Waals surface area contributed by atoms with Crippen molar-refractivity contribution in [1.29, 1.82) is 0 Å². The van der Waals surface area contributed by atoms with Gasteiger partial charge < -0.3 is 24.5 Å². The minimum absolute atomic E-state index is 0.00342. The Bertz CT molecular complexity index is 880. The molecule has 4 rings (SSSR count). The highest BCUT2D eigenvalue weighted by atomic mass is 19.1. The van der Waals surface area contributed by atoms with Crippen LogP contribution in [-0.4, -0.2) is 90.2 Å². The summed E-state index contributed by atoms with van der Waals surface area (Å²) in [4.78, 5) is 42.4. The van der Waals surface area contributed by atoms with Crippen LogP contribution in [0.5, 0.6) is 0 Å². The van der Waals surface area contributed by atoms with Crippen molar-refractivity contribution >= 4 is 17.9 Å². The summed E-state index contributed by atoms with van der Waals surface area (Å²) < 4.78 is 18.6. The minimum atomic E-state index is -1.06. The zero-order chi connectivity index (χ0) is 23.0. The fourth-order valence-corrected chi connectivity index (χ4v) is 5.04. The number of rotatable bonds is 4. The van der Waals surface area contributed by atoms with Gasteiger partial charge in [0.05, 0.1) is 24.7 Å². The number of halogens is 1. The Kier molecular flexibility index (Phi) is 6.11. The van der Waals surface area contributed by atoms with E-state index >= 15 is 0 Å². The Balaban J connectivity index is 1.42. The third-order valence-corrected chi connectivity index (χ3v) is 7.19. The molecule has 32 heavy (non-hydrogen) atoms. The van der Waals surface area contributed by atoms with Crippen LogP contribution in [0, 0.1) is 17.2 Å². The molecule has 0 aromatic heterocycles. The molecule has 3 fully saturated rings. The van der Waals surface area contributed by atoms with Crippen LogP contribution in [0.3, 0.4) is 0 Å². The third-order valence-electron chi connectivity index (χ3n) is 7.19. The van der Waals surface area contributed by atoms with Crippen LogP contribution in [0.4, 0.5) is 9.18 Å². The van der Waals surface area contributed by atoms with E-state index in [1.807, 2.05) is 11.8 Å². The van der Waals surface area contributed by atoms with Gasteiger partial charge in [0.15, 0.2) is 0 Å². The monoisotopic (exact) mass is 447 g/mol. The van der Waals surface area contributed by atoms with E-state index in [-0.39, 0.29) is 29.5 Å². The molecule has 0 aliphatic carbocycles. The molecule has 1 aromatic carbocycles. The number of carboxylic acid groups (broad SMARTS) is 1. The number of likely N-dealkylation sites (N-methyl/N-ethyl adjacent to an activating group) is 1. The molecule has 0 radical (unpaired) electrons. The second-order valence-corrected chi connectivity index (χ2v) is 9.48.